The SMILES string of the molecule is Cc1cccc(C(O)CCN(C)CC2(N(C)C)CCC2)c1. The van der Waals surface area contributed by atoms with E-state index in [1.807, 2.05) is 12.1 Å². The maximum atomic E-state index is 10.3. The van der Waals surface area contributed by atoms with Gasteiger partial charge in [-0.15, -0.1) is 0 Å². The molecule has 21 heavy (non-hydrogen) atoms. The van der Waals surface area contributed by atoms with Crippen LogP contribution in [-0.4, -0.2) is 54.7 Å². The molecular formula is C18H30N2O. The Morgan fingerprint density at radius 2 is 1.95 bits per heavy atom. The van der Waals surface area contributed by atoms with Crippen LogP contribution in [0.15, 0.2) is 24.3 Å². The minimum atomic E-state index is -0.357. The van der Waals surface area contributed by atoms with E-state index in [0.29, 0.717) is 5.54 Å². The van der Waals surface area contributed by atoms with E-state index in [1.165, 1.54) is 24.8 Å². The summed E-state index contributed by atoms with van der Waals surface area (Å²) in [4.78, 5) is 4.75. The van der Waals surface area contributed by atoms with Crippen LogP contribution in [0, 0.1) is 6.92 Å². The molecule has 1 saturated carbocycles. The summed E-state index contributed by atoms with van der Waals surface area (Å²) in [5, 5.41) is 10.3. The molecule has 1 fully saturated rings. The minimum Gasteiger partial charge on any atom is -0.388 e. The Hall–Kier alpha value is -0.900. The topological polar surface area (TPSA) is 26.7 Å². The summed E-state index contributed by atoms with van der Waals surface area (Å²) >= 11 is 0. The van der Waals surface area contributed by atoms with E-state index in [4.69, 9.17) is 0 Å². The molecule has 1 atom stereocenters. The number of likely N-dealkylation sites (N-methyl/N-ethyl adjacent to an activating group) is 2. The molecule has 0 aliphatic heterocycles. The van der Waals surface area contributed by atoms with Crippen molar-refractivity contribution in [3.8, 4) is 0 Å². The maximum Gasteiger partial charge on any atom is 0.0802 e. The summed E-state index contributed by atoms with van der Waals surface area (Å²) in [5.74, 6) is 0. The second-order valence-electron chi connectivity index (χ2n) is 6.93. The lowest BCUT2D eigenvalue weighted by Gasteiger charge is -2.49. The van der Waals surface area contributed by atoms with Gasteiger partial charge < -0.3 is 14.9 Å². The molecule has 1 aromatic rings. The summed E-state index contributed by atoms with van der Waals surface area (Å²) in [6, 6.07) is 8.19. The fourth-order valence-corrected chi connectivity index (χ4v) is 3.30. The average molecular weight is 290 g/mol. The summed E-state index contributed by atoms with van der Waals surface area (Å²) in [6.07, 6.45) is 4.38. The van der Waals surface area contributed by atoms with Crippen molar-refractivity contribution in [3.05, 3.63) is 35.4 Å². The van der Waals surface area contributed by atoms with Gasteiger partial charge in [0.1, 0.15) is 0 Å². The largest absolute Gasteiger partial charge is 0.388 e. The smallest absolute Gasteiger partial charge is 0.0802 e. The van der Waals surface area contributed by atoms with Gasteiger partial charge in [0.2, 0.25) is 0 Å². The second kappa shape index (κ2) is 6.91. The molecule has 0 spiro atoms. The molecule has 0 amide bonds. The molecule has 118 valence electrons. The average Bonchev–Trinajstić information content (AvgIpc) is 2.39. The molecule has 1 aromatic carbocycles. The van der Waals surface area contributed by atoms with E-state index >= 15 is 0 Å². The molecule has 2 rings (SSSR count). The van der Waals surface area contributed by atoms with E-state index in [2.05, 4.69) is 50.0 Å². The Morgan fingerprint density at radius 3 is 2.48 bits per heavy atom. The molecule has 0 radical (unpaired) electrons. The van der Waals surface area contributed by atoms with E-state index in [1.54, 1.807) is 0 Å². The van der Waals surface area contributed by atoms with E-state index < -0.39 is 0 Å². The minimum absolute atomic E-state index is 0.357. The van der Waals surface area contributed by atoms with Crippen molar-refractivity contribution in [2.24, 2.45) is 0 Å². The lowest BCUT2D eigenvalue weighted by molar-refractivity contribution is 0.0239. The van der Waals surface area contributed by atoms with Crippen molar-refractivity contribution in [3.63, 3.8) is 0 Å². The fraction of sp³-hybridized carbons (Fsp3) is 0.667. The Balaban J connectivity index is 1.82. The Kier molecular flexibility index (Phi) is 5.42. The number of aryl methyl sites for hydroxylation is 1. The number of rotatable bonds is 7. The zero-order valence-electron chi connectivity index (χ0n) is 14.0. The molecular weight excluding hydrogens is 260 g/mol. The summed E-state index contributed by atoms with van der Waals surface area (Å²) in [7, 11) is 6.55. The highest BCUT2D eigenvalue weighted by Gasteiger charge is 2.39. The Bertz CT molecular complexity index is 454. The third-order valence-corrected chi connectivity index (χ3v) is 5.01. The fourth-order valence-electron chi connectivity index (χ4n) is 3.30. The number of aliphatic hydroxyl groups excluding tert-OH is 1. The highest BCUT2D eigenvalue weighted by Crippen LogP contribution is 2.36. The molecule has 0 saturated heterocycles. The zero-order chi connectivity index (χ0) is 15.5. The second-order valence-corrected chi connectivity index (χ2v) is 6.93. The molecule has 0 bridgehead atoms. The molecule has 1 aliphatic rings. The predicted octanol–water partition coefficient (Wildman–Crippen LogP) is 2.83. The number of hydrogen-bond acceptors (Lipinski definition) is 3. The van der Waals surface area contributed by atoms with Crippen molar-refractivity contribution >= 4 is 0 Å². The van der Waals surface area contributed by atoms with Crippen LogP contribution in [0.4, 0.5) is 0 Å². The molecule has 1 aliphatic carbocycles. The zero-order valence-corrected chi connectivity index (χ0v) is 14.0. The monoisotopic (exact) mass is 290 g/mol. The third-order valence-electron chi connectivity index (χ3n) is 5.01. The number of aliphatic hydroxyl groups is 1. The van der Waals surface area contributed by atoms with E-state index in [-0.39, 0.29) is 6.10 Å². The van der Waals surface area contributed by atoms with Gasteiger partial charge >= 0.3 is 0 Å². The van der Waals surface area contributed by atoms with Crippen molar-refractivity contribution in [1.82, 2.24) is 9.80 Å². The van der Waals surface area contributed by atoms with Crippen LogP contribution in [0.1, 0.15) is 42.9 Å². The lowest BCUT2D eigenvalue weighted by Crippen LogP contribution is -2.56. The number of hydrogen-bond donors (Lipinski definition) is 1. The van der Waals surface area contributed by atoms with Crippen LogP contribution in [0.2, 0.25) is 0 Å². The van der Waals surface area contributed by atoms with Gasteiger partial charge in [-0.2, -0.15) is 0 Å². The summed E-state index contributed by atoms with van der Waals surface area (Å²) in [6.45, 7) is 4.10. The first-order chi connectivity index (χ1) is 9.93. The number of nitrogens with zero attached hydrogens (tertiary/aromatic N) is 2. The molecule has 3 nitrogen and oxygen atoms in total. The Labute approximate surface area is 129 Å². The highest BCUT2D eigenvalue weighted by atomic mass is 16.3. The van der Waals surface area contributed by atoms with Crippen molar-refractivity contribution < 1.29 is 5.11 Å². The summed E-state index contributed by atoms with van der Waals surface area (Å²) in [5.41, 5.74) is 2.61. The Morgan fingerprint density at radius 1 is 1.24 bits per heavy atom. The van der Waals surface area contributed by atoms with Crippen LogP contribution >= 0.6 is 0 Å². The van der Waals surface area contributed by atoms with Crippen LogP contribution in [-0.2, 0) is 0 Å². The van der Waals surface area contributed by atoms with Crippen molar-refractivity contribution in [2.45, 2.75) is 44.2 Å². The van der Waals surface area contributed by atoms with Gasteiger partial charge in [0.05, 0.1) is 6.10 Å². The van der Waals surface area contributed by atoms with Crippen LogP contribution in [0.3, 0.4) is 0 Å². The van der Waals surface area contributed by atoms with Gasteiger partial charge in [0, 0.05) is 18.6 Å². The van der Waals surface area contributed by atoms with E-state index in [9.17, 15) is 5.11 Å². The highest BCUT2D eigenvalue weighted by molar-refractivity contribution is 5.23. The van der Waals surface area contributed by atoms with Gasteiger partial charge in [-0.1, -0.05) is 29.8 Å². The van der Waals surface area contributed by atoms with Crippen molar-refractivity contribution in [1.29, 1.82) is 0 Å². The van der Waals surface area contributed by atoms with E-state index in [0.717, 1.165) is 25.1 Å². The van der Waals surface area contributed by atoms with Gasteiger partial charge in [-0.25, -0.2) is 0 Å². The van der Waals surface area contributed by atoms with Crippen LogP contribution in [0.25, 0.3) is 0 Å². The van der Waals surface area contributed by atoms with Gasteiger partial charge in [0.25, 0.3) is 0 Å². The molecule has 1 N–H and O–H groups in total. The first kappa shape index (κ1) is 16.5. The quantitative estimate of drug-likeness (QED) is 0.836. The number of benzene rings is 1. The van der Waals surface area contributed by atoms with Crippen molar-refractivity contribution in [2.75, 3.05) is 34.2 Å². The molecule has 0 heterocycles. The van der Waals surface area contributed by atoms with Gasteiger partial charge in [0.15, 0.2) is 0 Å². The standard InChI is InChI=1S/C18H30N2O/c1-15-7-5-8-16(13-15)17(21)9-12-20(4)14-18(19(2)3)10-6-11-18/h5,7-8,13,17,21H,6,9-12,14H2,1-4H3. The summed E-state index contributed by atoms with van der Waals surface area (Å²) < 4.78 is 0. The first-order valence-corrected chi connectivity index (χ1v) is 8.03. The van der Waals surface area contributed by atoms with Crippen LogP contribution < -0.4 is 0 Å². The molecule has 3 heteroatoms. The van der Waals surface area contributed by atoms with Gasteiger partial charge in [-0.3, -0.25) is 0 Å². The molecule has 0 aromatic heterocycles. The predicted molar refractivity (Wildman–Crippen MR) is 88.5 cm³/mol. The third kappa shape index (κ3) is 4.06. The maximum absolute atomic E-state index is 10.3. The first-order valence-electron chi connectivity index (χ1n) is 8.03. The molecule has 1 unspecified atom stereocenters. The lowest BCUT2D eigenvalue weighted by atomic mass is 9.75. The van der Waals surface area contributed by atoms with Gasteiger partial charge in [-0.05, 0) is 59.3 Å². The normalized spacial score (nSPS) is 18.8. The van der Waals surface area contributed by atoms with Crippen LogP contribution in [0.5, 0.6) is 0 Å².